The van der Waals surface area contributed by atoms with Gasteiger partial charge in [0, 0.05) is 44.0 Å². The molecular formula is C17H27N3O. The molecule has 4 heteroatoms. The Morgan fingerprint density at radius 3 is 2.67 bits per heavy atom. The van der Waals surface area contributed by atoms with Gasteiger partial charge >= 0.3 is 0 Å². The Morgan fingerprint density at radius 2 is 2.05 bits per heavy atom. The molecule has 2 N–H and O–H groups in total. The normalized spacial score (nSPS) is 18.6. The molecule has 1 aromatic rings. The van der Waals surface area contributed by atoms with E-state index < -0.39 is 0 Å². The smallest absolute Gasteiger partial charge is 0.254 e. The van der Waals surface area contributed by atoms with E-state index in [2.05, 4.69) is 18.9 Å². The highest BCUT2D eigenvalue weighted by atomic mass is 16.2. The van der Waals surface area contributed by atoms with Crippen LogP contribution in [0, 0.1) is 0 Å². The summed E-state index contributed by atoms with van der Waals surface area (Å²) < 4.78 is 0. The van der Waals surface area contributed by atoms with Crippen molar-refractivity contribution in [3.8, 4) is 0 Å². The molecule has 116 valence electrons. The second kappa shape index (κ2) is 7.46. The summed E-state index contributed by atoms with van der Waals surface area (Å²) in [6.45, 7) is 4.58. The summed E-state index contributed by atoms with van der Waals surface area (Å²) in [4.78, 5) is 16.8. The number of amides is 1. The van der Waals surface area contributed by atoms with E-state index in [-0.39, 0.29) is 11.9 Å². The maximum atomic E-state index is 12.6. The van der Waals surface area contributed by atoms with Gasteiger partial charge in [-0.25, -0.2) is 0 Å². The van der Waals surface area contributed by atoms with Crippen LogP contribution in [0.15, 0.2) is 24.3 Å². The second-order valence-electron chi connectivity index (χ2n) is 5.85. The van der Waals surface area contributed by atoms with E-state index in [0.29, 0.717) is 6.54 Å². The summed E-state index contributed by atoms with van der Waals surface area (Å²) in [6, 6.07) is 8.14. The first-order chi connectivity index (χ1) is 10.2. The molecule has 0 spiro atoms. The molecule has 1 aliphatic rings. The zero-order valence-electron chi connectivity index (χ0n) is 13.2. The Bertz CT molecular complexity index is 458. The summed E-state index contributed by atoms with van der Waals surface area (Å²) in [6.07, 6.45) is 4.40. The second-order valence-corrected chi connectivity index (χ2v) is 5.85. The van der Waals surface area contributed by atoms with Gasteiger partial charge < -0.3 is 15.5 Å². The Morgan fingerprint density at radius 1 is 1.33 bits per heavy atom. The number of carbonyl (C=O) groups excluding carboxylic acids is 1. The summed E-state index contributed by atoms with van der Waals surface area (Å²) in [5.41, 5.74) is 7.73. The number of nitrogens with zero attached hydrogens (tertiary/aromatic N) is 2. The fourth-order valence-corrected chi connectivity index (χ4v) is 3.00. The molecule has 0 radical (unpaired) electrons. The highest BCUT2D eigenvalue weighted by molar-refractivity contribution is 5.94. The molecule has 1 saturated heterocycles. The summed E-state index contributed by atoms with van der Waals surface area (Å²) in [5.74, 6) is 0.120. The van der Waals surface area contributed by atoms with Gasteiger partial charge in [0.05, 0.1) is 0 Å². The van der Waals surface area contributed by atoms with E-state index in [1.54, 1.807) is 0 Å². The van der Waals surface area contributed by atoms with Crippen molar-refractivity contribution in [2.45, 2.75) is 38.6 Å². The molecule has 0 saturated carbocycles. The van der Waals surface area contributed by atoms with Gasteiger partial charge in [-0.2, -0.15) is 0 Å². The van der Waals surface area contributed by atoms with E-state index in [9.17, 15) is 4.79 Å². The highest BCUT2D eigenvalue weighted by Crippen LogP contribution is 2.20. The third-order valence-electron chi connectivity index (χ3n) is 4.27. The quantitative estimate of drug-likeness (QED) is 0.906. The first kappa shape index (κ1) is 15.8. The summed E-state index contributed by atoms with van der Waals surface area (Å²) in [5, 5.41) is 0. The SMILES string of the molecule is CCCN(C)c1ccc(C(=O)N2CCCCC2CN)cc1. The minimum absolute atomic E-state index is 0.120. The lowest BCUT2D eigenvalue weighted by Crippen LogP contribution is -2.47. The number of hydrogen-bond donors (Lipinski definition) is 1. The number of piperidine rings is 1. The van der Waals surface area contributed by atoms with Crippen molar-refractivity contribution in [2.24, 2.45) is 5.73 Å². The minimum atomic E-state index is 0.120. The predicted octanol–water partition coefficient (Wildman–Crippen LogP) is 2.49. The van der Waals surface area contributed by atoms with Crippen LogP contribution in [0.1, 0.15) is 43.0 Å². The van der Waals surface area contributed by atoms with Crippen molar-refractivity contribution in [1.29, 1.82) is 0 Å². The zero-order valence-corrected chi connectivity index (χ0v) is 13.2. The number of nitrogens with two attached hydrogens (primary N) is 1. The summed E-state index contributed by atoms with van der Waals surface area (Å²) in [7, 11) is 2.08. The van der Waals surface area contributed by atoms with Crippen molar-refractivity contribution >= 4 is 11.6 Å². The lowest BCUT2D eigenvalue weighted by Gasteiger charge is -2.35. The van der Waals surface area contributed by atoms with Crippen LogP contribution >= 0.6 is 0 Å². The van der Waals surface area contributed by atoms with Gasteiger partial charge in [0.25, 0.3) is 5.91 Å². The topological polar surface area (TPSA) is 49.6 Å². The van der Waals surface area contributed by atoms with Gasteiger partial charge in [-0.1, -0.05) is 6.92 Å². The molecule has 1 unspecified atom stereocenters. The number of carbonyl (C=O) groups is 1. The van der Waals surface area contributed by atoms with Crippen molar-refractivity contribution in [3.63, 3.8) is 0 Å². The molecule has 1 amide bonds. The lowest BCUT2D eigenvalue weighted by atomic mass is 10.0. The number of rotatable bonds is 5. The van der Waals surface area contributed by atoms with E-state index in [1.165, 1.54) is 6.42 Å². The van der Waals surface area contributed by atoms with E-state index in [0.717, 1.165) is 43.6 Å². The minimum Gasteiger partial charge on any atom is -0.375 e. The third-order valence-corrected chi connectivity index (χ3v) is 4.27. The standard InChI is InChI=1S/C17H27N3O/c1-3-11-19(2)15-9-7-14(8-10-15)17(21)20-12-5-4-6-16(20)13-18/h7-10,16H,3-6,11-13,18H2,1-2H3. The molecule has 2 rings (SSSR count). The molecule has 0 bridgehead atoms. The van der Waals surface area contributed by atoms with E-state index in [1.807, 2.05) is 29.2 Å². The lowest BCUT2D eigenvalue weighted by molar-refractivity contribution is 0.0623. The maximum absolute atomic E-state index is 12.6. The number of benzene rings is 1. The molecule has 1 atom stereocenters. The molecule has 1 aliphatic heterocycles. The van der Waals surface area contributed by atoms with E-state index >= 15 is 0 Å². The van der Waals surface area contributed by atoms with Crippen molar-refractivity contribution < 1.29 is 4.79 Å². The molecular weight excluding hydrogens is 262 g/mol. The first-order valence-electron chi connectivity index (χ1n) is 7.99. The van der Waals surface area contributed by atoms with Gasteiger partial charge in [0.2, 0.25) is 0 Å². The van der Waals surface area contributed by atoms with Gasteiger partial charge in [0.1, 0.15) is 0 Å². The van der Waals surface area contributed by atoms with Crippen molar-refractivity contribution in [1.82, 2.24) is 4.90 Å². The average Bonchev–Trinajstić information content (AvgIpc) is 2.54. The van der Waals surface area contributed by atoms with Crippen LogP contribution < -0.4 is 10.6 Å². The third kappa shape index (κ3) is 3.76. The summed E-state index contributed by atoms with van der Waals surface area (Å²) >= 11 is 0. The predicted molar refractivity (Wildman–Crippen MR) is 87.7 cm³/mol. The fourth-order valence-electron chi connectivity index (χ4n) is 3.00. The molecule has 4 nitrogen and oxygen atoms in total. The van der Waals surface area contributed by atoms with Gasteiger partial charge in [-0.15, -0.1) is 0 Å². The first-order valence-corrected chi connectivity index (χ1v) is 7.99. The fraction of sp³-hybridized carbons (Fsp3) is 0.588. The molecule has 1 heterocycles. The van der Waals surface area contributed by atoms with Crippen molar-refractivity contribution in [3.05, 3.63) is 29.8 Å². The molecule has 0 aliphatic carbocycles. The molecule has 21 heavy (non-hydrogen) atoms. The van der Waals surface area contributed by atoms with Crippen LogP contribution in [-0.4, -0.2) is 43.5 Å². The van der Waals surface area contributed by atoms with Crippen molar-refractivity contribution in [2.75, 3.05) is 31.6 Å². The van der Waals surface area contributed by atoms with Gasteiger partial charge in [-0.05, 0) is 49.9 Å². The Kier molecular flexibility index (Phi) is 5.62. The van der Waals surface area contributed by atoms with Crippen LogP contribution in [-0.2, 0) is 0 Å². The molecule has 1 aromatic carbocycles. The van der Waals surface area contributed by atoms with Gasteiger partial charge in [0.15, 0.2) is 0 Å². The van der Waals surface area contributed by atoms with Crippen LogP contribution in [0.4, 0.5) is 5.69 Å². The average molecular weight is 289 g/mol. The molecule has 1 fully saturated rings. The Hall–Kier alpha value is -1.55. The monoisotopic (exact) mass is 289 g/mol. The largest absolute Gasteiger partial charge is 0.375 e. The number of likely N-dealkylation sites (tertiary alicyclic amines) is 1. The maximum Gasteiger partial charge on any atom is 0.254 e. The number of anilines is 1. The van der Waals surface area contributed by atoms with Gasteiger partial charge in [-0.3, -0.25) is 4.79 Å². The Balaban J connectivity index is 2.08. The van der Waals surface area contributed by atoms with Crippen LogP contribution in [0.5, 0.6) is 0 Å². The zero-order chi connectivity index (χ0) is 15.2. The van der Waals surface area contributed by atoms with E-state index in [4.69, 9.17) is 5.73 Å². The Labute approximate surface area is 127 Å². The van der Waals surface area contributed by atoms with Crippen LogP contribution in [0.2, 0.25) is 0 Å². The molecule has 0 aromatic heterocycles. The van der Waals surface area contributed by atoms with Crippen LogP contribution in [0.25, 0.3) is 0 Å². The van der Waals surface area contributed by atoms with Crippen LogP contribution in [0.3, 0.4) is 0 Å². The number of hydrogen-bond acceptors (Lipinski definition) is 3. The highest BCUT2D eigenvalue weighted by Gasteiger charge is 2.26.